The molecule has 0 spiro atoms. The monoisotopic (exact) mass is 202 g/mol. The van der Waals surface area contributed by atoms with E-state index < -0.39 is 0 Å². The molecule has 0 bridgehead atoms. The molecule has 0 N–H and O–H groups in total. The van der Waals surface area contributed by atoms with Gasteiger partial charge in [0.05, 0.1) is 5.03 Å². The zero-order chi connectivity index (χ0) is 9.64. The minimum atomic E-state index is 0.944. The maximum atomic E-state index is 4.24. The molecule has 2 heterocycles. The molecule has 0 aliphatic heterocycles. The molecule has 2 aromatic rings. The van der Waals surface area contributed by atoms with E-state index in [-0.39, 0.29) is 0 Å². The lowest BCUT2D eigenvalue weighted by atomic mass is 10.3. The third-order valence-electron chi connectivity index (χ3n) is 1.77. The SMILES string of the molecule is c1ccc(SCc2ccncc2)nc1. The molecule has 70 valence electrons. The summed E-state index contributed by atoms with van der Waals surface area (Å²) in [6.07, 6.45) is 5.44. The molecule has 0 amide bonds. The molecule has 0 saturated carbocycles. The van der Waals surface area contributed by atoms with E-state index in [1.54, 1.807) is 11.8 Å². The smallest absolute Gasteiger partial charge is 0.0963 e. The van der Waals surface area contributed by atoms with Gasteiger partial charge in [-0.2, -0.15) is 0 Å². The van der Waals surface area contributed by atoms with Crippen molar-refractivity contribution in [1.29, 1.82) is 0 Å². The lowest BCUT2D eigenvalue weighted by Crippen LogP contribution is -1.82. The van der Waals surface area contributed by atoms with Crippen LogP contribution in [0.25, 0.3) is 0 Å². The Hall–Kier alpha value is -1.35. The van der Waals surface area contributed by atoms with Gasteiger partial charge in [0.2, 0.25) is 0 Å². The summed E-state index contributed by atoms with van der Waals surface area (Å²) in [4.78, 5) is 8.22. The predicted octanol–water partition coefficient (Wildman–Crippen LogP) is 2.77. The first-order valence-electron chi connectivity index (χ1n) is 4.38. The van der Waals surface area contributed by atoms with Gasteiger partial charge in [-0.15, -0.1) is 11.8 Å². The second-order valence-electron chi connectivity index (χ2n) is 2.81. The van der Waals surface area contributed by atoms with Gasteiger partial charge in [0.25, 0.3) is 0 Å². The predicted molar refractivity (Wildman–Crippen MR) is 58.0 cm³/mol. The fraction of sp³-hybridized carbons (Fsp3) is 0.0909. The average molecular weight is 202 g/mol. The zero-order valence-electron chi connectivity index (χ0n) is 7.63. The number of hydrogen-bond acceptors (Lipinski definition) is 3. The quantitative estimate of drug-likeness (QED) is 0.716. The van der Waals surface area contributed by atoms with Crippen molar-refractivity contribution in [2.45, 2.75) is 10.8 Å². The molecule has 0 aliphatic carbocycles. The van der Waals surface area contributed by atoms with Crippen LogP contribution in [0.2, 0.25) is 0 Å². The first-order valence-corrected chi connectivity index (χ1v) is 5.36. The molecule has 2 nitrogen and oxygen atoms in total. The fourth-order valence-electron chi connectivity index (χ4n) is 1.07. The summed E-state index contributed by atoms with van der Waals surface area (Å²) < 4.78 is 0. The van der Waals surface area contributed by atoms with E-state index in [1.165, 1.54) is 5.56 Å². The van der Waals surface area contributed by atoms with Crippen molar-refractivity contribution in [3.8, 4) is 0 Å². The van der Waals surface area contributed by atoms with Crippen LogP contribution < -0.4 is 0 Å². The highest BCUT2D eigenvalue weighted by Crippen LogP contribution is 2.19. The van der Waals surface area contributed by atoms with E-state index in [9.17, 15) is 0 Å². The molecule has 0 atom stereocenters. The normalized spacial score (nSPS) is 10.0. The van der Waals surface area contributed by atoms with Crippen LogP contribution in [0.1, 0.15) is 5.56 Å². The summed E-state index contributed by atoms with van der Waals surface area (Å²) in [7, 11) is 0. The van der Waals surface area contributed by atoms with Gasteiger partial charge in [0.15, 0.2) is 0 Å². The van der Waals surface area contributed by atoms with Gasteiger partial charge < -0.3 is 0 Å². The number of rotatable bonds is 3. The number of nitrogens with zero attached hydrogens (tertiary/aromatic N) is 2. The van der Waals surface area contributed by atoms with Crippen molar-refractivity contribution in [1.82, 2.24) is 9.97 Å². The Balaban J connectivity index is 1.96. The third kappa shape index (κ3) is 2.57. The highest BCUT2D eigenvalue weighted by Gasteiger charge is 1.95. The second kappa shape index (κ2) is 4.77. The summed E-state index contributed by atoms with van der Waals surface area (Å²) >= 11 is 1.73. The minimum absolute atomic E-state index is 0.944. The topological polar surface area (TPSA) is 25.8 Å². The molecule has 0 fully saturated rings. The zero-order valence-corrected chi connectivity index (χ0v) is 8.45. The Morgan fingerprint density at radius 2 is 1.86 bits per heavy atom. The van der Waals surface area contributed by atoms with Crippen molar-refractivity contribution in [3.63, 3.8) is 0 Å². The van der Waals surface area contributed by atoms with E-state index in [4.69, 9.17) is 0 Å². The summed E-state index contributed by atoms with van der Waals surface area (Å²) in [6, 6.07) is 10.00. The maximum absolute atomic E-state index is 4.24. The van der Waals surface area contributed by atoms with Gasteiger partial charge in [-0.05, 0) is 29.8 Å². The van der Waals surface area contributed by atoms with Gasteiger partial charge in [0, 0.05) is 24.3 Å². The highest BCUT2D eigenvalue weighted by atomic mass is 32.2. The Morgan fingerprint density at radius 1 is 1.00 bits per heavy atom. The first kappa shape index (κ1) is 9.21. The van der Waals surface area contributed by atoms with Crippen LogP contribution in [0.15, 0.2) is 53.9 Å². The van der Waals surface area contributed by atoms with Crippen molar-refractivity contribution in [2.24, 2.45) is 0 Å². The van der Waals surface area contributed by atoms with Gasteiger partial charge in [-0.25, -0.2) is 4.98 Å². The molecule has 3 heteroatoms. The summed E-state index contributed by atoms with van der Waals surface area (Å²) in [6.45, 7) is 0. The van der Waals surface area contributed by atoms with Gasteiger partial charge in [-0.3, -0.25) is 4.98 Å². The largest absolute Gasteiger partial charge is 0.265 e. The van der Waals surface area contributed by atoms with E-state index in [2.05, 4.69) is 9.97 Å². The van der Waals surface area contributed by atoms with Crippen molar-refractivity contribution >= 4 is 11.8 Å². The Bertz CT molecular complexity index is 336. The fourth-order valence-corrected chi connectivity index (χ4v) is 1.89. The average Bonchev–Trinajstić information content (AvgIpc) is 2.29. The van der Waals surface area contributed by atoms with Crippen LogP contribution in [0, 0.1) is 0 Å². The molecule has 0 unspecified atom stereocenters. The number of aromatic nitrogens is 2. The molecule has 0 aromatic carbocycles. The molecule has 2 rings (SSSR count). The van der Waals surface area contributed by atoms with Gasteiger partial charge in [0.1, 0.15) is 0 Å². The van der Waals surface area contributed by atoms with Crippen LogP contribution in [-0.2, 0) is 5.75 Å². The minimum Gasteiger partial charge on any atom is -0.265 e. The molecule has 0 aliphatic rings. The van der Waals surface area contributed by atoms with Crippen LogP contribution in [-0.4, -0.2) is 9.97 Å². The molecule has 2 aromatic heterocycles. The van der Waals surface area contributed by atoms with E-state index in [0.29, 0.717) is 0 Å². The molecular formula is C11H10N2S. The summed E-state index contributed by atoms with van der Waals surface area (Å²) in [5.41, 5.74) is 1.27. The highest BCUT2D eigenvalue weighted by molar-refractivity contribution is 7.98. The third-order valence-corrected chi connectivity index (χ3v) is 2.79. The number of pyridine rings is 2. The van der Waals surface area contributed by atoms with Crippen molar-refractivity contribution in [3.05, 3.63) is 54.5 Å². The number of hydrogen-bond donors (Lipinski definition) is 0. The summed E-state index contributed by atoms with van der Waals surface area (Å²) in [5, 5.41) is 1.06. The molecule has 0 saturated heterocycles. The lowest BCUT2D eigenvalue weighted by Gasteiger charge is -1.99. The Morgan fingerprint density at radius 3 is 2.57 bits per heavy atom. The van der Waals surface area contributed by atoms with Gasteiger partial charge in [-0.1, -0.05) is 6.07 Å². The second-order valence-corrected chi connectivity index (χ2v) is 3.81. The maximum Gasteiger partial charge on any atom is 0.0963 e. The van der Waals surface area contributed by atoms with Crippen molar-refractivity contribution in [2.75, 3.05) is 0 Å². The van der Waals surface area contributed by atoms with E-state index >= 15 is 0 Å². The Labute approximate surface area is 87.4 Å². The molecule has 14 heavy (non-hydrogen) atoms. The molecular weight excluding hydrogens is 192 g/mol. The van der Waals surface area contributed by atoms with Crippen LogP contribution in [0.5, 0.6) is 0 Å². The van der Waals surface area contributed by atoms with Crippen LogP contribution in [0.3, 0.4) is 0 Å². The lowest BCUT2D eigenvalue weighted by molar-refractivity contribution is 1.13. The summed E-state index contributed by atoms with van der Waals surface area (Å²) in [5.74, 6) is 0.944. The number of thioether (sulfide) groups is 1. The van der Waals surface area contributed by atoms with Crippen molar-refractivity contribution < 1.29 is 0 Å². The van der Waals surface area contributed by atoms with Crippen LogP contribution >= 0.6 is 11.8 Å². The van der Waals surface area contributed by atoms with E-state index in [0.717, 1.165) is 10.8 Å². The first-order chi connectivity index (χ1) is 6.95. The van der Waals surface area contributed by atoms with Gasteiger partial charge >= 0.3 is 0 Å². The van der Waals surface area contributed by atoms with Crippen LogP contribution in [0.4, 0.5) is 0 Å². The van der Waals surface area contributed by atoms with E-state index in [1.807, 2.05) is 48.9 Å². The molecule has 0 radical (unpaired) electrons. The standard InChI is InChI=1S/C11H10N2S/c1-2-6-13-11(3-1)14-9-10-4-7-12-8-5-10/h1-8H,9H2. The Kier molecular flexibility index (Phi) is 3.14.